The first-order valence-corrected chi connectivity index (χ1v) is 5.29. The number of hydrogen-bond donors (Lipinski definition) is 2. The molecule has 2 rings (SSSR count). The molecule has 0 spiro atoms. The highest BCUT2D eigenvalue weighted by molar-refractivity contribution is 5.92. The van der Waals surface area contributed by atoms with Crippen LogP contribution in [0, 0.1) is 6.92 Å². The molecule has 18 heavy (non-hydrogen) atoms. The lowest BCUT2D eigenvalue weighted by atomic mass is 10.2. The molecule has 0 aliphatic heterocycles. The van der Waals surface area contributed by atoms with Gasteiger partial charge in [0, 0.05) is 23.9 Å². The maximum atomic E-state index is 11.0. The summed E-state index contributed by atoms with van der Waals surface area (Å²) in [4.78, 5) is 15.0. The summed E-state index contributed by atoms with van der Waals surface area (Å²) in [5, 5.41) is 9.44. The van der Waals surface area contributed by atoms with Gasteiger partial charge in [-0.3, -0.25) is 4.79 Å². The zero-order chi connectivity index (χ0) is 13.1. The van der Waals surface area contributed by atoms with Crippen molar-refractivity contribution >= 4 is 5.91 Å². The van der Waals surface area contributed by atoms with Gasteiger partial charge in [0.1, 0.15) is 11.5 Å². The number of ether oxygens (including phenoxy) is 1. The molecule has 1 aromatic heterocycles. The summed E-state index contributed by atoms with van der Waals surface area (Å²) in [6.07, 6.45) is 1.44. The standard InChI is InChI=1S/C13H12N2O3/c1-8-4-10(16)7-11(5-8)18-12-6-9(13(14)17)2-3-15-12/h2-7,16H,1H3,(H2,14,17). The number of phenolic OH excluding ortho intramolecular Hbond substituents is 1. The lowest BCUT2D eigenvalue weighted by Crippen LogP contribution is -2.10. The van der Waals surface area contributed by atoms with E-state index in [0.29, 0.717) is 11.3 Å². The summed E-state index contributed by atoms with van der Waals surface area (Å²) in [5.41, 5.74) is 6.34. The number of nitrogens with two attached hydrogens (primary N) is 1. The summed E-state index contributed by atoms with van der Waals surface area (Å²) < 4.78 is 5.45. The highest BCUT2D eigenvalue weighted by Gasteiger charge is 2.05. The van der Waals surface area contributed by atoms with E-state index in [1.165, 1.54) is 24.4 Å². The van der Waals surface area contributed by atoms with E-state index in [4.69, 9.17) is 10.5 Å². The minimum absolute atomic E-state index is 0.107. The average molecular weight is 244 g/mol. The molecule has 5 nitrogen and oxygen atoms in total. The van der Waals surface area contributed by atoms with E-state index in [2.05, 4.69) is 4.98 Å². The van der Waals surface area contributed by atoms with Crippen LogP contribution < -0.4 is 10.5 Å². The third-order valence-corrected chi connectivity index (χ3v) is 2.28. The van der Waals surface area contributed by atoms with Crippen LogP contribution in [-0.2, 0) is 0 Å². The van der Waals surface area contributed by atoms with E-state index < -0.39 is 5.91 Å². The van der Waals surface area contributed by atoms with E-state index in [1.54, 1.807) is 12.1 Å². The normalized spacial score (nSPS) is 10.1. The van der Waals surface area contributed by atoms with Crippen LogP contribution in [-0.4, -0.2) is 16.0 Å². The van der Waals surface area contributed by atoms with Crippen molar-refractivity contribution < 1.29 is 14.6 Å². The first-order valence-electron chi connectivity index (χ1n) is 5.29. The van der Waals surface area contributed by atoms with Crippen molar-refractivity contribution in [2.45, 2.75) is 6.92 Å². The first kappa shape index (κ1) is 11.9. The number of hydrogen-bond acceptors (Lipinski definition) is 4. The van der Waals surface area contributed by atoms with Gasteiger partial charge in [-0.2, -0.15) is 0 Å². The minimum atomic E-state index is -0.547. The molecule has 2 aromatic rings. The van der Waals surface area contributed by atoms with Crippen LogP contribution >= 0.6 is 0 Å². The minimum Gasteiger partial charge on any atom is -0.508 e. The number of phenols is 1. The topological polar surface area (TPSA) is 85.4 Å². The Labute approximate surface area is 104 Å². The number of amides is 1. The van der Waals surface area contributed by atoms with Crippen molar-refractivity contribution in [3.63, 3.8) is 0 Å². The lowest BCUT2D eigenvalue weighted by Gasteiger charge is -2.06. The molecule has 0 bridgehead atoms. The molecule has 0 saturated heterocycles. The van der Waals surface area contributed by atoms with E-state index in [-0.39, 0.29) is 11.6 Å². The fourth-order valence-electron chi connectivity index (χ4n) is 1.53. The number of aromatic hydroxyl groups is 1. The van der Waals surface area contributed by atoms with Crippen molar-refractivity contribution in [1.29, 1.82) is 0 Å². The SMILES string of the molecule is Cc1cc(O)cc(Oc2cc(C(N)=O)ccn2)c1. The summed E-state index contributed by atoms with van der Waals surface area (Å²) in [5.74, 6) is 0.253. The number of carbonyl (C=O) groups is 1. The Bertz CT molecular complexity index is 576. The van der Waals surface area contributed by atoms with Crippen molar-refractivity contribution in [1.82, 2.24) is 4.98 Å². The Morgan fingerprint density at radius 3 is 2.78 bits per heavy atom. The fraction of sp³-hybridized carbons (Fsp3) is 0.0769. The first-order chi connectivity index (χ1) is 8.54. The number of primary amides is 1. The molecule has 0 saturated carbocycles. The Hall–Kier alpha value is -2.56. The number of benzene rings is 1. The van der Waals surface area contributed by atoms with Crippen LogP contribution in [0.25, 0.3) is 0 Å². The molecule has 0 aliphatic rings. The van der Waals surface area contributed by atoms with Crippen molar-refractivity contribution in [2.75, 3.05) is 0 Å². The molecule has 1 amide bonds. The second kappa shape index (κ2) is 4.75. The molecule has 92 valence electrons. The summed E-state index contributed by atoms with van der Waals surface area (Å²) >= 11 is 0. The third kappa shape index (κ3) is 2.76. The Morgan fingerprint density at radius 2 is 2.11 bits per heavy atom. The third-order valence-electron chi connectivity index (χ3n) is 2.28. The molecular formula is C13H12N2O3. The average Bonchev–Trinajstić information content (AvgIpc) is 2.27. The Kier molecular flexibility index (Phi) is 3.14. The summed E-state index contributed by atoms with van der Waals surface area (Å²) in [6.45, 7) is 1.83. The number of rotatable bonds is 3. The van der Waals surface area contributed by atoms with Gasteiger partial charge < -0.3 is 15.6 Å². The zero-order valence-electron chi connectivity index (χ0n) is 9.75. The molecule has 0 aliphatic carbocycles. The molecular weight excluding hydrogens is 232 g/mol. The van der Waals surface area contributed by atoms with Crippen LogP contribution in [0.1, 0.15) is 15.9 Å². The van der Waals surface area contributed by atoms with Gasteiger partial charge in [-0.1, -0.05) is 0 Å². The van der Waals surface area contributed by atoms with Gasteiger partial charge in [0.05, 0.1) is 0 Å². The van der Waals surface area contributed by atoms with Crippen LogP contribution in [0.4, 0.5) is 0 Å². The van der Waals surface area contributed by atoms with Gasteiger partial charge in [-0.25, -0.2) is 4.98 Å². The number of nitrogens with zero attached hydrogens (tertiary/aromatic N) is 1. The van der Waals surface area contributed by atoms with Crippen molar-refractivity contribution in [3.8, 4) is 17.4 Å². The van der Waals surface area contributed by atoms with Crippen molar-refractivity contribution in [2.24, 2.45) is 5.73 Å². The lowest BCUT2D eigenvalue weighted by molar-refractivity contribution is 0.1000. The quantitative estimate of drug-likeness (QED) is 0.864. The predicted molar refractivity (Wildman–Crippen MR) is 65.7 cm³/mol. The maximum absolute atomic E-state index is 11.0. The monoisotopic (exact) mass is 244 g/mol. The molecule has 0 atom stereocenters. The molecule has 0 fully saturated rings. The van der Waals surface area contributed by atoms with Crippen LogP contribution in [0.15, 0.2) is 36.5 Å². The summed E-state index contributed by atoms with van der Waals surface area (Å²) in [6, 6.07) is 7.77. The van der Waals surface area contributed by atoms with E-state index in [9.17, 15) is 9.90 Å². The molecule has 0 radical (unpaired) electrons. The Balaban J connectivity index is 2.28. The predicted octanol–water partition coefficient (Wildman–Crippen LogP) is 1.99. The van der Waals surface area contributed by atoms with Crippen molar-refractivity contribution in [3.05, 3.63) is 47.7 Å². The van der Waals surface area contributed by atoms with Gasteiger partial charge >= 0.3 is 0 Å². The molecule has 0 unspecified atom stereocenters. The van der Waals surface area contributed by atoms with Crippen LogP contribution in [0.3, 0.4) is 0 Å². The number of carbonyl (C=O) groups excluding carboxylic acids is 1. The van der Waals surface area contributed by atoms with Gasteiger partial charge in [0.25, 0.3) is 0 Å². The smallest absolute Gasteiger partial charge is 0.248 e. The van der Waals surface area contributed by atoms with Gasteiger partial charge in [0.2, 0.25) is 11.8 Å². The zero-order valence-corrected chi connectivity index (χ0v) is 9.75. The molecule has 1 heterocycles. The fourth-order valence-corrected chi connectivity index (χ4v) is 1.53. The molecule has 5 heteroatoms. The van der Waals surface area contributed by atoms with Gasteiger partial charge in [-0.05, 0) is 30.7 Å². The van der Waals surface area contributed by atoms with E-state index >= 15 is 0 Å². The second-order valence-corrected chi connectivity index (χ2v) is 3.85. The van der Waals surface area contributed by atoms with Gasteiger partial charge in [-0.15, -0.1) is 0 Å². The maximum Gasteiger partial charge on any atom is 0.248 e. The Morgan fingerprint density at radius 1 is 1.33 bits per heavy atom. The number of pyridine rings is 1. The second-order valence-electron chi connectivity index (χ2n) is 3.85. The number of aromatic nitrogens is 1. The summed E-state index contributed by atoms with van der Waals surface area (Å²) in [7, 11) is 0. The largest absolute Gasteiger partial charge is 0.508 e. The molecule has 1 aromatic carbocycles. The van der Waals surface area contributed by atoms with E-state index in [1.807, 2.05) is 6.92 Å². The van der Waals surface area contributed by atoms with Crippen LogP contribution in [0.2, 0.25) is 0 Å². The molecule has 3 N–H and O–H groups in total. The van der Waals surface area contributed by atoms with E-state index in [0.717, 1.165) is 5.56 Å². The van der Waals surface area contributed by atoms with Crippen LogP contribution in [0.5, 0.6) is 17.4 Å². The highest BCUT2D eigenvalue weighted by atomic mass is 16.5. The number of aryl methyl sites for hydroxylation is 1. The highest BCUT2D eigenvalue weighted by Crippen LogP contribution is 2.25. The van der Waals surface area contributed by atoms with Gasteiger partial charge in [0.15, 0.2) is 0 Å².